The molecule has 0 atom stereocenters. The van der Waals surface area contributed by atoms with E-state index < -0.39 is 0 Å². The number of hydrogen-bond donors (Lipinski definition) is 1. The fourth-order valence-electron chi connectivity index (χ4n) is 1.70. The molecule has 0 aromatic carbocycles. The van der Waals surface area contributed by atoms with Crippen LogP contribution in [0.3, 0.4) is 0 Å². The molecular weight excluding hydrogens is 124 g/mol. The molecule has 1 N–H and O–H groups in total. The summed E-state index contributed by atoms with van der Waals surface area (Å²) < 4.78 is 0. The zero-order valence-corrected chi connectivity index (χ0v) is 6.19. The summed E-state index contributed by atoms with van der Waals surface area (Å²) in [6.45, 7) is 1.85. The highest BCUT2D eigenvalue weighted by molar-refractivity contribution is 5.18. The third kappa shape index (κ3) is 1.03. The average molecular weight is 137 g/mol. The van der Waals surface area contributed by atoms with Crippen molar-refractivity contribution in [2.45, 2.75) is 25.7 Å². The fraction of sp³-hybridized carbons (Fsp3) is 0.750. The van der Waals surface area contributed by atoms with Crippen LogP contribution >= 0.6 is 0 Å². The van der Waals surface area contributed by atoms with Gasteiger partial charge >= 0.3 is 0 Å². The first-order valence-corrected chi connectivity index (χ1v) is 4.05. The van der Waals surface area contributed by atoms with Gasteiger partial charge in [0.1, 0.15) is 0 Å². The SMILES string of the molecule is C1CCC2=C(C1)C[N]CN2. The van der Waals surface area contributed by atoms with Gasteiger partial charge in [-0.05, 0) is 31.3 Å². The van der Waals surface area contributed by atoms with Crippen molar-refractivity contribution >= 4 is 0 Å². The predicted octanol–water partition coefficient (Wildman–Crippen LogP) is 0.980. The highest BCUT2D eigenvalue weighted by atomic mass is 15.1. The second kappa shape index (κ2) is 2.62. The average Bonchev–Trinajstić information content (AvgIpc) is 2.05. The first-order valence-electron chi connectivity index (χ1n) is 4.05. The summed E-state index contributed by atoms with van der Waals surface area (Å²) in [6, 6.07) is 0. The molecule has 0 unspecified atom stereocenters. The summed E-state index contributed by atoms with van der Waals surface area (Å²) in [4.78, 5) is 0. The van der Waals surface area contributed by atoms with Gasteiger partial charge in [-0.2, -0.15) is 0 Å². The first-order chi connectivity index (χ1) is 4.97. The van der Waals surface area contributed by atoms with E-state index in [1.807, 2.05) is 0 Å². The van der Waals surface area contributed by atoms with Gasteiger partial charge in [-0.25, -0.2) is 5.32 Å². The summed E-state index contributed by atoms with van der Waals surface area (Å²) in [5.74, 6) is 0. The number of rotatable bonds is 0. The van der Waals surface area contributed by atoms with E-state index in [-0.39, 0.29) is 0 Å². The first kappa shape index (κ1) is 6.23. The summed E-state index contributed by atoms with van der Waals surface area (Å²) in [7, 11) is 0. The van der Waals surface area contributed by atoms with E-state index in [0.717, 1.165) is 13.2 Å². The second-order valence-electron chi connectivity index (χ2n) is 3.01. The number of nitrogens with one attached hydrogen (secondary N) is 1. The molecule has 0 bridgehead atoms. The van der Waals surface area contributed by atoms with Gasteiger partial charge in [-0.1, -0.05) is 0 Å². The molecule has 2 aliphatic rings. The van der Waals surface area contributed by atoms with Crippen LogP contribution in [0.4, 0.5) is 0 Å². The summed E-state index contributed by atoms with van der Waals surface area (Å²) >= 11 is 0. The minimum Gasteiger partial charge on any atom is -0.374 e. The molecule has 0 aromatic heterocycles. The van der Waals surface area contributed by atoms with Crippen molar-refractivity contribution < 1.29 is 0 Å². The van der Waals surface area contributed by atoms with E-state index in [4.69, 9.17) is 0 Å². The number of allylic oxidation sites excluding steroid dienone is 1. The van der Waals surface area contributed by atoms with E-state index >= 15 is 0 Å². The van der Waals surface area contributed by atoms with Gasteiger partial charge in [-0.3, -0.25) is 0 Å². The third-order valence-electron chi connectivity index (χ3n) is 2.29. The Hall–Kier alpha value is -0.500. The van der Waals surface area contributed by atoms with E-state index in [9.17, 15) is 0 Å². The Morgan fingerprint density at radius 1 is 1.20 bits per heavy atom. The maximum Gasteiger partial charge on any atom is 0.0816 e. The van der Waals surface area contributed by atoms with Gasteiger partial charge in [-0.15, -0.1) is 0 Å². The van der Waals surface area contributed by atoms with Crippen molar-refractivity contribution in [2.24, 2.45) is 0 Å². The van der Waals surface area contributed by atoms with Crippen LogP contribution in [-0.2, 0) is 0 Å². The minimum atomic E-state index is 0.846. The molecule has 0 fully saturated rings. The Morgan fingerprint density at radius 3 is 3.00 bits per heavy atom. The Bertz CT molecular complexity index is 127. The molecule has 2 nitrogen and oxygen atoms in total. The largest absolute Gasteiger partial charge is 0.374 e. The zero-order chi connectivity index (χ0) is 6.81. The molecule has 0 saturated carbocycles. The molecule has 10 heavy (non-hydrogen) atoms. The van der Waals surface area contributed by atoms with Crippen LogP contribution in [0.1, 0.15) is 25.7 Å². The van der Waals surface area contributed by atoms with Crippen molar-refractivity contribution in [3.63, 3.8) is 0 Å². The molecule has 1 heterocycles. The molecule has 0 spiro atoms. The standard InChI is InChI=1S/C8H13N2/c1-2-4-8-7(3-1)5-9-6-10-8/h10H,1-6H2. The maximum absolute atomic E-state index is 4.29. The molecule has 0 amide bonds. The number of nitrogens with zero attached hydrogens (tertiary/aromatic N) is 1. The van der Waals surface area contributed by atoms with Crippen LogP contribution in [0.5, 0.6) is 0 Å². The fourth-order valence-corrected chi connectivity index (χ4v) is 1.70. The monoisotopic (exact) mass is 137 g/mol. The molecule has 0 aromatic rings. The Balaban J connectivity index is 2.14. The molecular formula is C8H13N2. The lowest BCUT2D eigenvalue weighted by Gasteiger charge is -2.25. The van der Waals surface area contributed by atoms with Gasteiger partial charge in [0.2, 0.25) is 0 Å². The molecule has 55 valence electrons. The van der Waals surface area contributed by atoms with E-state index in [0.29, 0.717) is 0 Å². The van der Waals surface area contributed by atoms with Crippen LogP contribution in [0.25, 0.3) is 0 Å². The van der Waals surface area contributed by atoms with Crippen LogP contribution in [-0.4, -0.2) is 13.2 Å². The lowest BCUT2D eigenvalue weighted by Crippen LogP contribution is -2.33. The van der Waals surface area contributed by atoms with E-state index in [1.54, 1.807) is 5.57 Å². The summed E-state index contributed by atoms with van der Waals surface area (Å²) in [5, 5.41) is 7.63. The summed E-state index contributed by atoms with van der Waals surface area (Å²) in [6.07, 6.45) is 5.29. The topological polar surface area (TPSA) is 26.1 Å². The molecule has 1 radical (unpaired) electrons. The molecule has 1 aliphatic carbocycles. The highest BCUT2D eigenvalue weighted by Crippen LogP contribution is 2.23. The van der Waals surface area contributed by atoms with Crippen LogP contribution in [0.2, 0.25) is 0 Å². The lowest BCUT2D eigenvalue weighted by atomic mass is 9.95. The minimum absolute atomic E-state index is 0.846. The van der Waals surface area contributed by atoms with Crippen LogP contribution in [0, 0.1) is 0 Å². The predicted molar refractivity (Wildman–Crippen MR) is 40.5 cm³/mol. The van der Waals surface area contributed by atoms with Crippen LogP contribution in [0.15, 0.2) is 11.3 Å². The smallest absolute Gasteiger partial charge is 0.0816 e. The van der Waals surface area contributed by atoms with Crippen molar-refractivity contribution in [3.8, 4) is 0 Å². The third-order valence-corrected chi connectivity index (χ3v) is 2.29. The van der Waals surface area contributed by atoms with Crippen molar-refractivity contribution in [1.29, 1.82) is 0 Å². The van der Waals surface area contributed by atoms with E-state index in [1.165, 1.54) is 31.4 Å². The van der Waals surface area contributed by atoms with Crippen molar-refractivity contribution in [1.82, 2.24) is 10.6 Å². The Morgan fingerprint density at radius 2 is 2.10 bits per heavy atom. The molecule has 2 heteroatoms. The van der Waals surface area contributed by atoms with Crippen molar-refractivity contribution in [2.75, 3.05) is 13.2 Å². The Labute approximate surface area is 61.7 Å². The molecule has 0 saturated heterocycles. The van der Waals surface area contributed by atoms with E-state index in [2.05, 4.69) is 10.6 Å². The van der Waals surface area contributed by atoms with Gasteiger partial charge in [0, 0.05) is 12.2 Å². The number of hydrogen-bond acceptors (Lipinski definition) is 1. The maximum atomic E-state index is 4.29. The van der Waals surface area contributed by atoms with Gasteiger partial charge < -0.3 is 5.32 Å². The normalized spacial score (nSPS) is 25.6. The second-order valence-corrected chi connectivity index (χ2v) is 3.01. The summed E-state index contributed by atoms with van der Waals surface area (Å²) in [5.41, 5.74) is 3.07. The molecule has 2 rings (SSSR count). The highest BCUT2D eigenvalue weighted by Gasteiger charge is 2.15. The molecule has 1 aliphatic heterocycles. The van der Waals surface area contributed by atoms with Crippen molar-refractivity contribution in [3.05, 3.63) is 11.3 Å². The van der Waals surface area contributed by atoms with Gasteiger partial charge in [0.25, 0.3) is 0 Å². The lowest BCUT2D eigenvalue weighted by molar-refractivity contribution is 0.521. The quantitative estimate of drug-likeness (QED) is 0.529. The van der Waals surface area contributed by atoms with Gasteiger partial charge in [0.15, 0.2) is 0 Å². The zero-order valence-electron chi connectivity index (χ0n) is 6.19. The van der Waals surface area contributed by atoms with Crippen LogP contribution < -0.4 is 10.6 Å². The van der Waals surface area contributed by atoms with Gasteiger partial charge in [0.05, 0.1) is 6.67 Å². The Kier molecular flexibility index (Phi) is 1.63.